The third-order valence-electron chi connectivity index (χ3n) is 6.74. The smallest absolute Gasteiger partial charge is 0.270 e. The maximum absolute atomic E-state index is 12.6. The standard InChI is InChI=1S/C25H34N6O2/c1-26-21(13-24(27-2)29-17-7-6-8-17)25(33)28-14-18(32)15-31-12-11-20-19-9-4-5-10-22(19)30(3)23(20)16-31/h4-5,9-10,13,17-18,32H,1,6-8,11-12,14-16H2,2-3H3,(H,27,29)(H,28,33)/b21-13-. The van der Waals surface area contributed by atoms with Gasteiger partial charge in [-0.2, -0.15) is 0 Å². The zero-order chi connectivity index (χ0) is 23.4. The number of hydrogen-bond acceptors (Lipinski definition) is 5. The van der Waals surface area contributed by atoms with E-state index in [4.69, 9.17) is 0 Å². The van der Waals surface area contributed by atoms with Crippen molar-refractivity contribution in [2.45, 2.75) is 44.4 Å². The minimum Gasteiger partial charge on any atom is -0.390 e. The number of aliphatic hydroxyl groups excluding tert-OH is 1. The molecule has 2 aliphatic rings. The number of aryl methyl sites for hydroxylation is 1. The Morgan fingerprint density at radius 1 is 1.36 bits per heavy atom. The molecule has 8 heteroatoms. The zero-order valence-electron chi connectivity index (χ0n) is 19.5. The molecule has 1 aromatic heterocycles. The number of aliphatic hydroxyl groups is 1. The van der Waals surface area contributed by atoms with Crippen LogP contribution < -0.4 is 10.6 Å². The zero-order valence-corrected chi connectivity index (χ0v) is 19.5. The highest BCUT2D eigenvalue weighted by Crippen LogP contribution is 2.29. The van der Waals surface area contributed by atoms with E-state index in [1.165, 1.54) is 28.6 Å². The van der Waals surface area contributed by atoms with Crippen molar-refractivity contribution in [3.05, 3.63) is 47.3 Å². The van der Waals surface area contributed by atoms with Crippen LogP contribution >= 0.6 is 0 Å². The van der Waals surface area contributed by atoms with E-state index in [2.05, 4.69) is 68.1 Å². The number of aliphatic imine (C=N–C) groups is 2. The van der Waals surface area contributed by atoms with Crippen molar-refractivity contribution in [1.29, 1.82) is 0 Å². The SMILES string of the molecule is C=N/C(=C\C(=N/C)NC1CCC1)C(=O)NCC(O)CN1CCc2c(n(C)c3ccccc23)C1. The Hall–Kier alpha value is -2.97. The van der Waals surface area contributed by atoms with E-state index >= 15 is 0 Å². The second-order valence-corrected chi connectivity index (χ2v) is 8.92. The van der Waals surface area contributed by atoms with Crippen LogP contribution in [0.25, 0.3) is 10.9 Å². The van der Waals surface area contributed by atoms with Gasteiger partial charge in [-0.1, -0.05) is 18.2 Å². The normalized spacial score (nSPS) is 18.5. The van der Waals surface area contributed by atoms with E-state index in [0.29, 0.717) is 18.4 Å². The molecule has 2 heterocycles. The van der Waals surface area contributed by atoms with Crippen LogP contribution in [-0.4, -0.2) is 71.9 Å². The average molecular weight is 451 g/mol. The molecule has 1 aliphatic carbocycles. The fourth-order valence-electron chi connectivity index (χ4n) is 4.63. The molecule has 1 amide bonds. The number of fused-ring (bicyclic) bond motifs is 3. The van der Waals surface area contributed by atoms with Gasteiger partial charge in [0.15, 0.2) is 0 Å². The molecule has 1 aliphatic heterocycles. The van der Waals surface area contributed by atoms with E-state index < -0.39 is 6.10 Å². The highest BCUT2D eigenvalue weighted by molar-refractivity contribution is 6.03. The maximum Gasteiger partial charge on any atom is 0.270 e. The first-order chi connectivity index (χ1) is 16.0. The molecule has 2 aromatic rings. The van der Waals surface area contributed by atoms with Gasteiger partial charge >= 0.3 is 0 Å². The number of rotatable bonds is 8. The summed E-state index contributed by atoms with van der Waals surface area (Å²) in [4.78, 5) is 22.9. The van der Waals surface area contributed by atoms with Gasteiger partial charge in [-0.15, -0.1) is 0 Å². The molecule has 1 aromatic carbocycles. The van der Waals surface area contributed by atoms with Crippen LogP contribution in [0.5, 0.6) is 0 Å². The number of carbonyl (C=O) groups is 1. The molecule has 0 saturated heterocycles. The molecule has 0 radical (unpaired) electrons. The van der Waals surface area contributed by atoms with Gasteiger partial charge in [-0.25, -0.2) is 0 Å². The molecule has 8 nitrogen and oxygen atoms in total. The summed E-state index contributed by atoms with van der Waals surface area (Å²) in [5, 5.41) is 18.0. The monoisotopic (exact) mass is 450 g/mol. The minimum atomic E-state index is -0.677. The molecule has 1 atom stereocenters. The first-order valence-corrected chi connectivity index (χ1v) is 11.7. The van der Waals surface area contributed by atoms with Crippen molar-refractivity contribution >= 4 is 29.4 Å². The highest BCUT2D eigenvalue weighted by atomic mass is 16.3. The summed E-state index contributed by atoms with van der Waals surface area (Å²) >= 11 is 0. The van der Waals surface area contributed by atoms with Crippen LogP contribution in [0.15, 0.2) is 46.0 Å². The lowest BCUT2D eigenvalue weighted by molar-refractivity contribution is -0.118. The first-order valence-electron chi connectivity index (χ1n) is 11.7. The number of amidine groups is 1. The van der Waals surface area contributed by atoms with Crippen LogP contribution in [0.3, 0.4) is 0 Å². The molecule has 0 bridgehead atoms. The molecule has 176 valence electrons. The second-order valence-electron chi connectivity index (χ2n) is 8.92. The number of carbonyl (C=O) groups excluding carboxylic acids is 1. The van der Waals surface area contributed by atoms with Crippen molar-refractivity contribution < 1.29 is 9.90 Å². The van der Waals surface area contributed by atoms with Crippen LogP contribution in [0.1, 0.15) is 30.5 Å². The van der Waals surface area contributed by atoms with Crippen LogP contribution in [0, 0.1) is 0 Å². The van der Waals surface area contributed by atoms with Gasteiger partial charge in [-0.05, 0) is 44.0 Å². The fourth-order valence-corrected chi connectivity index (χ4v) is 4.63. The average Bonchev–Trinajstić information content (AvgIpc) is 3.08. The summed E-state index contributed by atoms with van der Waals surface area (Å²) in [6.45, 7) is 5.83. The molecule has 0 spiro atoms. The van der Waals surface area contributed by atoms with Crippen molar-refractivity contribution in [3.8, 4) is 0 Å². The van der Waals surface area contributed by atoms with E-state index in [9.17, 15) is 9.90 Å². The lowest BCUT2D eigenvalue weighted by Crippen LogP contribution is -2.42. The summed E-state index contributed by atoms with van der Waals surface area (Å²) < 4.78 is 2.25. The number of amides is 1. The van der Waals surface area contributed by atoms with E-state index in [0.717, 1.165) is 32.4 Å². The summed E-state index contributed by atoms with van der Waals surface area (Å²) in [5.41, 5.74) is 4.14. The largest absolute Gasteiger partial charge is 0.390 e. The Kier molecular flexibility index (Phi) is 7.25. The fraction of sp³-hybridized carbons (Fsp3) is 0.480. The third-order valence-corrected chi connectivity index (χ3v) is 6.74. The highest BCUT2D eigenvalue weighted by Gasteiger charge is 2.24. The summed E-state index contributed by atoms with van der Waals surface area (Å²) in [7, 11) is 3.78. The lowest BCUT2D eigenvalue weighted by Gasteiger charge is -2.29. The number of nitrogens with one attached hydrogen (secondary N) is 2. The maximum atomic E-state index is 12.6. The van der Waals surface area contributed by atoms with E-state index in [1.807, 2.05) is 0 Å². The summed E-state index contributed by atoms with van der Waals surface area (Å²) in [6.07, 6.45) is 5.32. The molecule has 33 heavy (non-hydrogen) atoms. The number of β-amino-alcohol motifs (C(OH)–C–C–N with tert-alkyl or cyclic N) is 1. The van der Waals surface area contributed by atoms with Crippen molar-refractivity contribution in [2.75, 3.05) is 26.7 Å². The van der Waals surface area contributed by atoms with Gasteiger partial charge in [0.2, 0.25) is 0 Å². The van der Waals surface area contributed by atoms with Crippen molar-refractivity contribution in [3.63, 3.8) is 0 Å². The van der Waals surface area contributed by atoms with Crippen LogP contribution in [0.2, 0.25) is 0 Å². The first kappa shape index (κ1) is 23.2. The Morgan fingerprint density at radius 2 is 2.15 bits per heavy atom. The van der Waals surface area contributed by atoms with Crippen LogP contribution in [-0.2, 0) is 24.8 Å². The van der Waals surface area contributed by atoms with E-state index in [1.54, 1.807) is 13.1 Å². The molecular formula is C25H34N6O2. The second kappa shape index (κ2) is 10.3. The molecule has 4 rings (SSSR count). The molecule has 3 N–H and O–H groups in total. The van der Waals surface area contributed by atoms with Gasteiger partial charge < -0.3 is 20.3 Å². The molecule has 1 fully saturated rings. The Labute approximate surface area is 195 Å². The van der Waals surface area contributed by atoms with E-state index in [-0.39, 0.29) is 18.1 Å². The summed E-state index contributed by atoms with van der Waals surface area (Å²) in [5.74, 6) is 0.257. The summed E-state index contributed by atoms with van der Waals surface area (Å²) in [6, 6.07) is 8.89. The van der Waals surface area contributed by atoms with Crippen LogP contribution in [0.4, 0.5) is 0 Å². The number of nitrogens with zero attached hydrogens (tertiary/aromatic N) is 4. The van der Waals surface area contributed by atoms with Crippen molar-refractivity contribution in [2.24, 2.45) is 17.0 Å². The van der Waals surface area contributed by atoms with Gasteiger partial charge in [0, 0.05) is 69.0 Å². The molecule has 1 saturated carbocycles. The number of aromatic nitrogens is 1. The number of benzene rings is 1. The predicted octanol–water partition coefficient (Wildman–Crippen LogP) is 1.77. The predicted molar refractivity (Wildman–Crippen MR) is 133 cm³/mol. The topological polar surface area (TPSA) is 94.2 Å². The van der Waals surface area contributed by atoms with Gasteiger partial charge in [-0.3, -0.25) is 19.7 Å². The number of hydrogen-bond donors (Lipinski definition) is 3. The minimum absolute atomic E-state index is 0.152. The van der Waals surface area contributed by atoms with Gasteiger partial charge in [0.1, 0.15) is 11.5 Å². The Bertz CT molecular complexity index is 1080. The van der Waals surface area contributed by atoms with Gasteiger partial charge in [0.25, 0.3) is 5.91 Å². The van der Waals surface area contributed by atoms with Crippen molar-refractivity contribution in [1.82, 2.24) is 20.1 Å². The van der Waals surface area contributed by atoms with Gasteiger partial charge in [0.05, 0.1) is 6.10 Å². The quantitative estimate of drug-likeness (QED) is 0.325. The number of para-hydroxylation sites is 1. The lowest BCUT2D eigenvalue weighted by atomic mass is 9.93. The third kappa shape index (κ3) is 5.17. The Balaban J connectivity index is 1.31. The molecule has 1 unspecified atom stereocenters. The Morgan fingerprint density at radius 3 is 2.85 bits per heavy atom. The molecular weight excluding hydrogens is 416 g/mol.